The van der Waals surface area contributed by atoms with Crippen molar-refractivity contribution in [1.29, 1.82) is 0 Å². The lowest BCUT2D eigenvalue weighted by atomic mass is 9.96. The summed E-state index contributed by atoms with van der Waals surface area (Å²) in [4.78, 5) is 22.7. The van der Waals surface area contributed by atoms with Gasteiger partial charge in [0, 0.05) is 6.54 Å². The SMILES string of the molecule is O=C(COc1ccccc1O)NCC1CCCC1C(=O)O. The van der Waals surface area contributed by atoms with Crippen molar-refractivity contribution < 1.29 is 24.5 Å². The third kappa shape index (κ3) is 4.11. The second-order valence-electron chi connectivity index (χ2n) is 5.20. The molecule has 6 heteroatoms. The number of rotatable bonds is 6. The van der Waals surface area contributed by atoms with Crippen LogP contribution in [0, 0.1) is 11.8 Å². The van der Waals surface area contributed by atoms with Gasteiger partial charge in [-0.2, -0.15) is 0 Å². The third-order valence-corrected chi connectivity index (χ3v) is 3.76. The molecule has 1 aromatic carbocycles. The van der Waals surface area contributed by atoms with Gasteiger partial charge in [0.1, 0.15) is 0 Å². The van der Waals surface area contributed by atoms with Crippen molar-refractivity contribution in [2.24, 2.45) is 11.8 Å². The molecule has 1 aliphatic rings. The van der Waals surface area contributed by atoms with Gasteiger partial charge in [0.05, 0.1) is 5.92 Å². The Morgan fingerprint density at radius 1 is 1.29 bits per heavy atom. The number of nitrogens with one attached hydrogen (secondary N) is 1. The van der Waals surface area contributed by atoms with Crippen LogP contribution in [-0.4, -0.2) is 35.2 Å². The number of phenols is 1. The van der Waals surface area contributed by atoms with Crippen LogP contribution >= 0.6 is 0 Å². The molecule has 0 aliphatic heterocycles. The van der Waals surface area contributed by atoms with Crippen LogP contribution in [0.25, 0.3) is 0 Å². The zero-order valence-electron chi connectivity index (χ0n) is 11.6. The number of hydrogen-bond acceptors (Lipinski definition) is 4. The Morgan fingerprint density at radius 2 is 2.05 bits per heavy atom. The van der Waals surface area contributed by atoms with E-state index < -0.39 is 5.97 Å². The number of hydrogen-bond donors (Lipinski definition) is 3. The number of carbonyl (C=O) groups excluding carboxylic acids is 1. The minimum Gasteiger partial charge on any atom is -0.504 e. The lowest BCUT2D eigenvalue weighted by Crippen LogP contribution is -2.35. The summed E-state index contributed by atoms with van der Waals surface area (Å²) in [7, 11) is 0. The van der Waals surface area contributed by atoms with E-state index in [2.05, 4.69) is 5.32 Å². The molecule has 0 aromatic heterocycles. The van der Waals surface area contributed by atoms with Crippen molar-refractivity contribution in [2.45, 2.75) is 19.3 Å². The molecule has 6 nitrogen and oxygen atoms in total. The summed E-state index contributed by atoms with van der Waals surface area (Å²) in [5.74, 6) is -1.28. The number of ether oxygens (including phenoxy) is 1. The van der Waals surface area contributed by atoms with Crippen LogP contribution in [0.2, 0.25) is 0 Å². The van der Waals surface area contributed by atoms with Crippen molar-refractivity contribution in [3.05, 3.63) is 24.3 Å². The molecule has 0 saturated heterocycles. The first-order valence-corrected chi connectivity index (χ1v) is 6.98. The zero-order valence-corrected chi connectivity index (χ0v) is 11.6. The predicted octanol–water partition coefficient (Wildman–Crippen LogP) is 1.39. The van der Waals surface area contributed by atoms with Crippen molar-refractivity contribution in [2.75, 3.05) is 13.2 Å². The van der Waals surface area contributed by atoms with Crippen molar-refractivity contribution in [3.63, 3.8) is 0 Å². The topological polar surface area (TPSA) is 95.9 Å². The highest BCUT2D eigenvalue weighted by Crippen LogP contribution is 2.31. The van der Waals surface area contributed by atoms with Crippen LogP contribution in [-0.2, 0) is 9.59 Å². The highest BCUT2D eigenvalue weighted by molar-refractivity contribution is 5.77. The Morgan fingerprint density at radius 3 is 2.76 bits per heavy atom. The monoisotopic (exact) mass is 293 g/mol. The summed E-state index contributed by atoms with van der Waals surface area (Å²) < 4.78 is 5.21. The second kappa shape index (κ2) is 6.97. The summed E-state index contributed by atoms with van der Waals surface area (Å²) in [5.41, 5.74) is 0. The minimum atomic E-state index is -0.794. The van der Waals surface area contributed by atoms with Crippen LogP contribution in [0.3, 0.4) is 0 Å². The lowest BCUT2D eigenvalue weighted by Gasteiger charge is -2.16. The van der Waals surface area contributed by atoms with E-state index in [4.69, 9.17) is 9.84 Å². The maximum Gasteiger partial charge on any atom is 0.306 e. The number of benzene rings is 1. The summed E-state index contributed by atoms with van der Waals surface area (Å²) in [6.45, 7) is 0.141. The van der Waals surface area contributed by atoms with Gasteiger partial charge in [-0.1, -0.05) is 18.6 Å². The number of carbonyl (C=O) groups is 2. The molecule has 0 heterocycles. The van der Waals surface area contributed by atoms with Gasteiger partial charge in [-0.3, -0.25) is 9.59 Å². The normalized spacial score (nSPS) is 21.0. The highest BCUT2D eigenvalue weighted by Gasteiger charge is 2.32. The molecular formula is C15H19NO5. The Bertz CT molecular complexity index is 517. The maximum absolute atomic E-state index is 11.7. The molecule has 21 heavy (non-hydrogen) atoms. The van der Waals surface area contributed by atoms with E-state index in [-0.39, 0.29) is 35.8 Å². The molecule has 114 valence electrons. The Kier molecular flexibility index (Phi) is 5.03. The van der Waals surface area contributed by atoms with Gasteiger partial charge in [0.2, 0.25) is 0 Å². The smallest absolute Gasteiger partial charge is 0.306 e. The van der Waals surface area contributed by atoms with Gasteiger partial charge < -0.3 is 20.3 Å². The Labute approximate surface area is 122 Å². The first-order valence-electron chi connectivity index (χ1n) is 6.98. The van der Waals surface area contributed by atoms with E-state index in [1.165, 1.54) is 6.07 Å². The third-order valence-electron chi connectivity index (χ3n) is 3.76. The number of phenolic OH excluding ortho intramolecular Hbond substituents is 1. The quantitative estimate of drug-likeness (QED) is 0.736. The average molecular weight is 293 g/mol. The maximum atomic E-state index is 11.7. The number of amides is 1. The summed E-state index contributed by atoms with van der Waals surface area (Å²) >= 11 is 0. The highest BCUT2D eigenvalue weighted by atomic mass is 16.5. The number of aliphatic carboxylic acids is 1. The van der Waals surface area contributed by atoms with E-state index in [1.807, 2.05) is 0 Å². The van der Waals surface area contributed by atoms with Gasteiger partial charge in [-0.25, -0.2) is 0 Å². The fourth-order valence-corrected chi connectivity index (χ4v) is 2.62. The van der Waals surface area contributed by atoms with E-state index in [0.717, 1.165) is 12.8 Å². The van der Waals surface area contributed by atoms with Crippen LogP contribution < -0.4 is 10.1 Å². The molecular weight excluding hydrogens is 274 g/mol. The standard InChI is InChI=1S/C15H19NO5/c17-12-6-1-2-7-13(12)21-9-14(18)16-8-10-4-3-5-11(10)15(19)20/h1-2,6-7,10-11,17H,3-5,8-9H2,(H,16,18)(H,19,20). The van der Waals surface area contributed by atoms with Crippen molar-refractivity contribution in [1.82, 2.24) is 5.32 Å². The van der Waals surface area contributed by atoms with E-state index >= 15 is 0 Å². The number of carboxylic acids is 1. The first kappa shape index (κ1) is 15.2. The molecule has 3 N–H and O–H groups in total. The molecule has 2 rings (SSSR count). The molecule has 2 unspecified atom stereocenters. The van der Waals surface area contributed by atoms with Crippen LogP contribution in [0.4, 0.5) is 0 Å². The predicted molar refractivity (Wildman–Crippen MR) is 75.1 cm³/mol. The summed E-state index contributed by atoms with van der Waals surface area (Å²) in [5, 5.41) is 21.3. The van der Waals surface area contributed by atoms with Gasteiger partial charge in [-0.15, -0.1) is 0 Å². The van der Waals surface area contributed by atoms with Crippen LogP contribution in [0.1, 0.15) is 19.3 Å². The molecule has 0 spiro atoms. The fraction of sp³-hybridized carbons (Fsp3) is 0.467. The van der Waals surface area contributed by atoms with E-state index in [1.54, 1.807) is 18.2 Å². The average Bonchev–Trinajstić information content (AvgIpc) is 2.93. The Balaban J connectivity index is 1.75. The first-order chi connectivity index (χ1) is 10.1. The molecule has 0 radical (unpaired) electrons. The van der Waals surface area contributed by atoms with Gasteiger partial charge >= 0.3 is 5.97 Å². The molecule has 2 atom stereocenters. The second-order valence-corrected chi connectivity index (χ2v) is 5.20. The molecule has 1 aromatic rings. The summed E-state index contributed by atoms with van der Waals surface area (Å²) in [6.07, 6.45) is 2.37. The molecule has 0 bridgehead atoms. The zero-order chi connectivity index (χ0) is 15.2. The molecule has 1 saturated carbocycles. The van der Waals surface area contributed by atoms with Gasteiger partial charge in [0.15, 0.2) is 18.1 Å². The van der Waals surface area contributed by atoms with Gasteiger partial charge in [0.25, 0.3) is 5.91 Å². The van der Waals surface area contributed by atoms with Crippen molar-refractivity contribution in [3.8, 4) is 11.5 Å². The Hall–Kier alpha value is -2.24. The molecule has 1 aliphatic carbocycles. The summed E-state index contributed by atoms with van der Waals surface area (Å²) in [6, 6.07) is 6.40. The van der Waals surface area contributed by atoms with E-state index in [9.17, 15) is 14.7 Å². The largest absolute Gasteiger partial charge is 0.504 e. The number of carboxylic acid groups (broad SMARTS) is 1. The van der Waals surface area contributed by atoms with Crippen LogP contribution in [0.5, 0.6) is 11.5 Å². The number of para-hydroxylation sites is 2. The minimum absolute atomic E-state index is 0.0171. The molecule has 1 amide bonds. The van der Waals surface area contributed by atoms with Crippen LogP contribution in [0.15, 0.2) is 24.3 Å². The van der Waals surface area contributed by atoms with Crippen molar-refractivity contribution >= 4 is 11.9 Å². The number of aromatic hydroxyl groups is 1. The van der Waals surface area contributed by atoms with Gasteiger partial charge in [-0.05, 0) is 30.9 Å². The lowest BCUT2D eigenvalue weighted by molar-refractivity contribution is -0.143. The van der Waals surface area contributed by atoms with E-state index in [0.29, 0.717) is 13.0 Å². The molecule has 1 fully saturated rings. The fourth-order valence-electron chi connectivity index (χ4n) is 2.62.